The Morgan fingerprint density at radius 1 is 1.09 bits per heavy atom. The number of aromatic hydroxyl groups is 1. The maximum absolute atomic E-state index is 13.6. The normalized spacial score (nSPS) is 15.7. The molecule has 1 aliphatic heterocycles. The van der Waals surface area contributed by atoms with E-state index in [9.17, 15) is 9.90 Å². The smallest absolute Gasteiger partial charge is 0.255 e. The first-order valence-corrected chi connectivity index (χ1v) is 11.5. The van der Waals surface area contributed by atoms with Crippen LogP contribution in [-0.4, -0.2) is 22.7 Å². The summed E-state index contributed by atoms with van der Waals surface area (Å²) in [5.74, 6) is 0.156. The van der Waals surface area contributed by atoms with Gasteiger partial charge in [-0.2, -0.15) is 0 Å². The van der Waals surface area contributed by atoms with Crippen molar-refractivity contribution in [2.24, 2.45) is 0 Å². The topological polar surface area (TPSA) is 73.8 Å². The summed E-state index contributed by atoms with van der Waals surface area (Å²) >= 11 is 5.72. The second kappa shape index (κ2) is 9.97. The number of para-hydroxylation sites is 1. The minimum absolute atomic E-state index is 0.0428. The van der Waals surface area contributed by atoms with Crippen molar-refractivity contribution in [3.63, 3.8) is 0 Å². The molecule has 1 unspecified atom stereocenters. The van der Waals surface area contributed by atoms with Crippen LogP contribution in [0, 0.1) is 6.92 Å². The van der Waals surface area contributed by atoms with E-state index < -0.39 is 6.04 Å². The van der Waals surface area contributed by atoms with Gasteiger partial charge in [0.2, 0.25) is 0 Å². The van der Waals surface area contributed by atoms with Crippen LogP contribution in [0.25, 0.3) is 0 Å². The van der Waals surface area contributed by atoms with Crippen LogP contribution in [0.15, 0.2) is 84.1 Å². The summed E-state index contributed by atoms with van der Waals surface area (Å²) in [6.45, 7) is 6.15. The van der Waals surface area contributed by atoms with Crippen LogP contribution >= 0.6 is 12.2 Å². The van der Waals surface area contributed by atoms with E-state index in [4.69, 9.17) is 17.0 Å². The number of carbonyl (C=O) groups excluding carboxylic acids is 1. The molecule has 0 spiro atoms. The van der Waals surface area contributed by atoms with E-state index in [0.29, 0.717) is 28.7 Å². The Hall–Kier alpha value is -3.84. The van der Waals surface area contributed by atoms with Crippen molar-refractivity contribution in [3.8, 4) is 11.5 Å². The average molecular weight is 474 g/mol. The number of phenolic OH excluding ortho intramolecular Hbond substituents is 1. The maximum Gasteiger partial charge on any atom is 0.255 e. The molecule has 1 heterocycles. The maximum atomic E-state index is 13.6. The Morgan fingerprint density at radius 3 is 2.47 bits per heavy atom. The highest BCUT2D eigenvalue weighted by molar-refractivity contribution is 7.80. The first-order valence-electron chi connectivity index (χ1n) is 11.1. The third kappa shape index (κ3) is 4.75. The number of hydrogen-bond acceptors (Lipinski definition) is 4. The summed E-state index contributed by atoms with van der Waals surface area (Å²) in [7, 11) is 0. The number of carbonyl (C=O) groups is 1. The van der Waals surface area contributed by atoms with E-state index >= 15 is 0 Å². The average Bonchev–Trinajstić information content (AvgIpc) is 2.82. The van der Waals surface area contributed by atoms with Crippen molar-refractivity contribution in [1.29, 1.82) is 0 Å². The second-order valence-electron chi connectivity index (χ2n) is 8.03. The Labute approximate surface area is 204 Å². The third-order valence-corrected chi connectivity index (χ3v) is 5.97. The van der Waals surface area contributed by atoms with Crippen molar-refractivity contribution in [2.45, 2.75) is 26.8 Å². The predicted molar refractivity (Wildman–Crippen MR) is 139 cm³/mol. The zero-order chi connectivity index (χ0) is 24.2. The highest BCUT2D eigenvalue weighted by Gasteiger charge is 2.35. The summed E-state index contributed by atoms with van der Waals surface area (Å²) in [5.41, 5.74) is 4.66. The number of phenols is 1. The number of allylic oxidation sites excluding steroid dienone is 1. The zero-order valence-electron chi connectivity index (χ0n) is 19.3. The standard InChI is InChI=1S/C27H27N3O3S/c1-4-33-23-16-19(12-15-22(23)31)25-24(26(32)28-20-13-10-17(2)11-14-20)18(3)30(27(34)29-25)21-8-6-5-7-9-21/h5-16,25,31H,4H2,1-3H3,(H,28,32)(H,29,34). The lowest BCUT2D eigenvalue weighted by Crippen LogP contribution is -2.48. The fraction of sp³-hybridized carbons (Fsp3) is 0.185. The number of hydrogen-bond donors (Lipinski definition) is 3. The van der Waals surface area contributed by atoms with Crippen molar-refractivity contribution >= 4 is 34.6 Å². The summed E-state index contributed by atoms with van der Waals surface area (Å²) in [4.78, 5) is 15.5. The minimum Gasteiger partial charge on any atom is -0.504 e. The number of aryl methyl sites for hydroxylation is 1. The summed E-state index contributed by atoms with van der Waals surface area (Å²) < 4.78 is 5.58. The molecule has 1 aliphatic rings. The molecule has 3 aromatic rings. The van der Waals surface area contributed by atoms with E-state index in [2.05, 4.69) is 10.6 Å². The SMILES string of the molecule is CCOc1cc(C2NC(=S)N(c3ccccc3)C(C)=C2C(=O)Nc2ccc(C)cc2)ccc1O. The number of benzene rings is 3. The zero-order valence-corrected chi connectivity index (χ0v) is 20.1. The summed E-state index contributed by atoms with van der Waals surface area (Å²) in [6.07, 6.45) is 0. The van der Waals surface area contributed by atoms with Crippen LogP contribution in [0.2, 0.25) is 0 Å². The molecule has 3 N–H and O–H groups in total. The molecule has 1 atom stereocenters. The molecule has 0 saturated heterocycles. The fourth-order valence-corrected chi connectivity index (χ4v) is 4.35. The molecule has 0 aliphatic carbocycles. The van der Waals surface area contributed by atoms with Gasteiger partial charge >= 0.3 is 0 Å². The quantitative estimate of drug-likeness (QED) is 0.414. The lowest BCUT2D eigenvalue weighted by Gasteiger charge is -2.38. The van der Waals surface area contributed by atoms with Gasteiger partial charge < -0.3 is 20.5 Å². The highest BCUT2D eigenvalue weighted by atomic mass is 32.1. The number of nitrogens with zero attached hydrogens (tertiary/aromatic N) is 1. The second-order valence-corrected chi connectivity index (χ2v) is 8.42. The number of nitrogens with one attached hydrogen (secondary N) is 2. The lowest BCUT2D eigenvalue weighted by molar-refractivity contribution is -0.113. The number of ether oxygens (including phenoxy) is 1. The monoisotopic (exact) mass is 473 g/mol. The number of thiocarbonyl (C=S) groups is 1. The van der Waals surface area contributed by atoms with Crippen LogP contribution in [0.5, 0.6) is 11.5 Å². The summed E-state index contributed by atoms with van der Waals surface area (Å²) in [6, 6.07) is 21.9. The van der Waals surface area contributed by atoms with E-state index in [-0.39, 0.29) is 11.7 Å². The number of amides is 1. The van der Waals surface area contributed by atoms with E-state index in [1.165, 1.54) is 0 Å². The minimum atomic E-state index is -0.530. The van der Waals surface area contributed by atoms with Crippen LogP contribution in [0.3, 0.4) is 0 Å². The molecule has 0 bridgehead atoms. The Kier molecular flexibility index (Phi) is 6.84. The molecular weight excluding hydrogens is 446 g/mol. The molecular formula is C27H27N3O3S. The molecule has 0 fully saturated rings. The van der Waals surface area contributed by atoms with Crippen LogP contribution in [0.4, 0.5) is 11.4 Å². The first kappa shape index (κ1) is 23.3. The largest absolute Gasteiger partial charge is 0.504 e. The van der Waals surface area contributed by atoms with E-state index in [0.717, 1.165) is 22.5 Å². The Balaban J connectivity index is 1.80. The van der Waals surface area contributed by atoms with E-state index in [1.807, 2.05) is 80.3 Å². The van der Waals surface area contributed by atoms with Gasteiger partial charge in [0.25, 0.3) is 5.91 Å². The third-order valence-electron chi connectivity index (χ3n) is 5.67. The van der Waals surface area contributed by atoms with Crippen LogP contribution in [-0.2, 0) is 4.79 Å². The molecule has 7 heteroatoms. The molecule has 4 rings (SSSR count). The van der Waals surface area contributed by atoms with Gasteiger partial charge in [0.15, 0.2) is 16.6 Å². The lowest BCUT2D eigenvalue weighted by atomic mass is 9.93. The van der Waals surface area contributed by atoms with Gasteiger partial charge in [-0.3, -0.25) is 9.69 Å². The number of rotatable bonds is 6. The fourth-order valence-electron chi connectivity index (χ4n) is 3.99. The van der Waals surface area contributed by atoms with Gasteiger partial charge in [-0.25, -0.2) is 0 Å². The molecule has 0 aromatic heterocycles. The molecule has 0 radical (unpaired) electrons. The first-order chi connectivity index (χ1) is 16.4. The van der Waals surface area contributed by atoms with Gasteiger partial charge in [-0.1, -0.05) is 42.0 Å². The van der Waals surface area contributed by atoms with Crippen molar-refractivity contribution in [2.75, 3.05) is 16.8 Å². The van der Waals surface area contributed by atoms with E-state index in [1.54, 1.807) is 18.2 Å². The van der Waals surface area contributed by atoms with Crippen molar-refractivity contribution in [3.05, 3.63) is 95.2 Å². The Morgan fingerprint density at radius 2 is 1.79 bits per heavy atom. The van der Waals surface area contributed by atoms with Gasteiger partial charge in [-0.15, -0.1) is 0 Å². The van der Waals surface area contributed by atoms with Gasteiger partial charge in [-0.05, 0) is 75.0 Å². The van der Waals surface area contributed by atoms with Gasteiger partial charge in [0.1, 0.15) is 0 Å². The molecule has 3 aromatic carbocycles. The number of anilines is 2. The Bertz CT molecular complexity index is 1240. The molecule has 34 heavy (non-hydrogen) atoms. The molecule has 0 saturated carbocycles. The van der Waals surface area contributed by atoms with Crippen molar-refractivity contribution in [1.82, 2.24) is 5.32 Å². The molecule has 6 nitrogen and oxygen atoms in total. The van der Waals surface area contributed by atoms with Gasteiger partial charge in [0, 0.05) is 17.1 Å². The molecule has 1 amide bonds. The highest BCUT2D eigenvalue weighted by Crippen LogP contribution is 2.37. The summed E-state index contributed by atoms with van der Waals surface area (Å²) in [5, 5.41) is 17.0. The van der Waals surface area contributed by atoms with Crippen LogP contribution < -0.4 is 20.3 Å². The van der Waals surface area contributed by atoms with Crippen molar-refractivity contribution < 1.29 is 14.6 Å². The van der Waals surface area contributed by atoms with Crippen LogP contribution in [0.1, 0.15) is 31.0 Å². The molecule has 174 valence electrons. The predicted octanol–water partition coefficient (Wildman–Crippen LogP) is 5.45. The van der Waals surface area contributed by atoms with Gasteiger partial charge in [0.05, 0.1) is 18.2 Å².